The Morgan fingerprint density at radius 1 is 1.04 bits per heavy atom. The van der Waals surface area contributed by atoms with Crippen molar-refractivity contribution in [3.8, 4) is 11.3 Å². The van der Waals surface area contributed by atoms with Gasteiger partial charge in [0.2, 0.25) is 0 Å². The molecule has 28 heavy (non-hydrogen) atoms. The van der Waals surface area contributed by atoms with Gasteiger partial charge in [-0.25, -0.2) is 4.39 Å². The Morgan fingerprint density at radius 2 is 1.82 bits per heavy atom. The van der Waals surface area contributed by atoms with E-state index in [1.165, 1.54) is 29.0 Å². The molecular formula is C20H16FN3O4. The summed E-state index contributed by atoms with van der Waals surface area (Å²) in [5.74, 6) is -0.895. The van der Waals surface area contributed by atoms with Gasteiger partial charge in [-0.1, -0.05) is 18.2 Å². The van der Waals surface area contributed by atoms with Gasteiger partial charge in [0.1, 0.15) is 23.9 Å². The van der Waals surface area contributed by atoms with Crippen LogP contribution >= 0.6 is 0 Å². The molecule has 0 aliphatic carbocycles. The molecule has 7 nitrogen and oxygen atoms in total. The van der Waals surface area contributed by atoms with E-state index in [0.29, 0.717) is 17.1 Å². The Labute approximate surface area is 159 Å². The van der Waals surface area contributed by atoms with Gasteiger partial charge in [-0.05, 0) is 36.4 Å². The van der Waals surface area contributed by atoms with E-state index in [2.05, 4.69) is 10.9 Å². The highest BCUT2D eigenvalue weighted by molar-refractivity contribution is 5.92. The molecule has 0 aliphatic rings. The minimum atomic E-state index is -0.599. The van der Waals surface area contributed by atoms with Gasteiger partial charge in [-0.2, -0.15) is 0 Å². The number of halogens is 1. The number of nitrogens with zero attached hydrogens (tertiary/aromatic N) is 1. The van der Waals surface area contributed by atoms with Crippen LogP contribution in [0.4, 0.5) is 4.39 Å². The van der Waals surface area contributed by atoms with E-state index in [1.54, 1.807) is 42.5 Å². The summed E-state index contributed by atoms with van der Waals surface area (Å²) in [6.45, 7) is -0.228. The Balaban J connectivity index is 1.53. The number of hydrazine groups is 1. The molecule has 0 saturated heterocycles. The summed E-state index contributed by atoms with van der Waals surface area (Å²) in [4.78, 5) is 35.1. The van der Waals surface area contributed by atoms with Gasteiger partial charge >= 0.3 is 0 Å². The van der Waals surface area contributed by atoms with Crippen LogP contribution in [0.3, 0.4) is 0 Å². The molecule has 142 valence electrons. The molecule has 0 spiro atoms. The average molecular weight is 381 g/mol. The molecule has 0 unspecified atom stereocenters. The summed E-state index contributed by atoms with van der Waals surface area (Å²) in [7, 11) is 0. The Bertz CT molecular complexity index is 1080. The zero-order valence-corrected chi connectivity index (χ0v) is 14.6. The van der Waals surface area contributed by atoms with Crippen molar-refractivity contribution in [1.29, 1.82) is 0 Å². The van der Waals surface area contributed by atoms with E-state index in [4.69, 9.17) is 4.42 Å². The van der Waals surface area contributed by atoms with Gasteiger partial charge in [0.25, 0.3) is 17.4 Å². The van der Waals surface area contributed by atoms with E-state index in [-0.39, 0.29) is 12.1 Å². The number of carbonyl (C=O) groups is 2. The molecule has 8 heteroatoms. The highest BCUT2D eigenvalue weighted by Gasteiger charge is 2.08. The highest BCUT2D eigenvalue weighted by atomic mass is 19.1. The van der Waals surface area contributed by atoms with Crippen molar-refractivity contribution in [3.05, 3.63) is 88.8 Å². The van der Waals surface area contributed by atoms with Crippen LogP contribution in [-0.4, -0.2) is 16.4 Å². The van der Waals surface area contributed by atoms with Crippen LogP contribution in [0, 0.1) is 5.82 Å². The van der Waals surface area contributed by atoms with E-state index < -0.39 is 17.6 Å². The molecule has 0 atom stereocenters. The summed E-state index contributed by atoms with van der Waals surface area (Å²) in [5, 5.41) is 0. The minimum absolute atomic E-state index is 0.228. The molecule has 2 aromatic heterocycles. The number of amides is 2. The van der Waals surface area contributed by atoms with Gasteiger partial charge in [-0.15, -0.1) is 0 Å². The molecule has 2 amide bonds. The lowest BCUT2D eigenvalue weighted by molar-refractivity contribution is -0.127. The fourth-order valence-electron chi connectivity index (χ4n) is 2.36. The van der Waals surface area contributed by atoms with Crippen LogP contribution in [0.5, 0.6) is 0 Å². The highest BCUT2D eigenvalue weighted by Crippen LogP contribution is 2.25. The number of rotatable bonds is 5. The number of nitrogens with one attached hydrogen (secondary N) is 2. The van der Waals surface area contributed by atoms with Crippen molar-refractivity contribution in [2.24, 2.45) is 0 Å². The van der Waals surface area contributed by atoms with Gasteiger partial charge in [0.05, 0.1) is 5.56 Å². The third-order valence-electron chi connectivity index (χ3n) is 3.70. The summed E-state index contributed by atoms with van der Waals surface area (Å²) >= 11 is 0. The maximum Gasteiger partial charge on any atom is 0.262 e. The summed E-state index contributed by atoms with van der Waals surface area (Å²) in [6.07, 6.45) is 4.00. The molecule has 0 radical (unpaired) electrons. The van der Waals surface area contributed by atoms with Gasteiger partial charge in [0, 0.05) is 18.3 Å². The third kappa shape index (κ3) is 4.82. The zero-order chi connectivity index (χ0) is 19.9. The number of pyridine rings is 1. The molecule has 0 aliphatic heterocycles. The van der Waals surface area contributed by atoms with Crippen molar-refractivity contribution >= 4 is 17.9 Å². The second-order valence-electron chi connectivity index (χ2n) is 5.72. The molecule has 0 saturated carbocycles. The Morgan fingerprint density at radius 3 is 2.61 bits per heavy atom. The first-order valence-electron chi connectivity index (χ1n) is 8.30. The standard InChI is InChI=1S/C20H16FN3O4/c21-16-6-2-1-5-15(16)17-10-8-14(28-17)9-11-18(25)22-23-19(26)13-24-12-4-3-7-20(24)27/h1-12H,13H2,(H,22,25)(H,23,26)/b11-9+. The normalized spacial score (nSPS) is 10.8. The number of carbonyl (C=O) groups excluding carboxylic acids is 2. The lowest BCUT2D eigenvalue weighted by Crippen LogP contribution is -2.43. The largest absolute Gasteiger partial charge is 0.457 e. The molecule has 3 rings (SSSR count). The number of furan rings is 1. The lowest BCUT2D eigenvalue weighted by Gasteiger charge is -2.06. The first-order valence-corrected chi connectivity index (χ1v) is 8.30. The van der Waals surface area contributed by atoms with Crippen LogP contribution in [-0.2, 0) is 16.1 Å². The zero-order valence-electron chi connectivity index (χ0n) is 14.6. The first-order chi connectivity index (χ1) is 13.5. The first kappa shape index (κ1) is 18.8. The van der Waals surface area contributed by atoms with Crippen LogP contribution in [0.15, 0.2) is 76.1 Å². The van der Waals surface area contributed by atoms with E-state index in [0.717, 1.165) is 6.08 Å². The molecule has 3 aromatic rings. The monoisotopic (exact) mass is 381 g/mol. The second kappa shape index (κ2) is 8.63. The van der Waals surface area contributed by atoms with Crippen molar-refractivity contribution in [3.63, 3.8) is 0 Å². The molecule has 2 N–H and O–H groups in total. The summed E-state index contributed by atoms with van der Waals surface area (Å²) in [5.41, 5.74) is 4.39. The number of aromatic nitrogens is 1. The quantitative estimate of drug-likeness (QED) is 0.523. The van der Waals surface area contributed by atoms with Crippen LogP contribution < -0.4 is 16.4 Å². The third-order valence-corrected chi connectivity index (χ3v) is 3.70. The number of hydrogen-bond donors (Lipinski definition) is 2. The van der Waals surface area contributed by atoms with Crippen LogP contribution in [0.25, 0.3) is 17.4 Å². The number of hydrogen-bond acceptors (Lipinski definition) is 4. The molecule has 0 bridgehead atoms. The van der Waals surface area contributed by atoms with Gasteiger partial charge < -0.3 is 8.98 Å². The SMILES string of the molecule is O=C(/C=C/c1ccc(-c2ccccc2F)o1)NNC(=O)Cn1ccccc1=O. The summed E-state index contributed by atoms with van der Waals surface area (Å²) < 4.78 is 20.4. The minimum Gasteiger partial charge on any atom is -0.457 e. The predicted molar refractivity (Wildman–Crippen MR) is 100 cm³/mol. The Kier molecular flexibility index (Phi) is 5.81. The predicted octanol–water partition coefficient (Wildman–Crippen LogP) is 2.11. The molecular weight excluding hydrogens is 365 g/mol. The summed E-state index contributed by atoms with van der Waals surface area (Å²) in [6, 6.07) is 13.9. The molecule has 2 heterocycles. The fourth-order valence-corrected chi connectivity index (χ4v) is 2.36. The van der Waals surface area contributed by atoms with Gasteiger partial charge in [-0.3, -0.25) is 25.2 Å². The topological polar surface area (TPSA) is 93.3 Å². The average Bonchev–Trinajstić information content (AvgIpc) is 3.16. The van der Waals surface area contributed by atoms with Crippen molar-refractivity contribution < 1.29 is 18.4 Å². The fraction of sp³-hybridized carbons (Fsp3) is 0.0500. The van der Waals surface area contributed by atoms with Crippen molar-refractivity contribution in [2.75, 3.05) is 0 Å². The molecule has 0 fully saturated rings. The maximum absolute atomic E-state index is 13.8. The smallest absolute Gasteiger partial charge is 0.262 e. The van der Waals surface area contributed by atoms with E-state index in [1.807, 2.05) is 0 Å². The second-order valence-corrected chi connectivity index (χ2v) is 5.72. The molecule has 1 aromatic carbocycles. The van der Waals surface area contributed by atoms with Gasteiger partial charge in [0.15, 0.2) is 0 Å². The van der Waals surface area contributed by atoms with Crippen LogP contribution in [0.1, 0.15) is 5.76 Å². The van der Waals surface area contributed by atoms with Crippen molar-refractivity contribution in [2.45, 2.75) is 6.54 Å². The van der Waals surface area contributed by atoms with Crippen molar-refractivity contribution in [1.82, 2.24) is 15.4 Å². The van der Waals surface area contributed by atoms with E-state index >= 15 is 0 Å². The number of benzene rings is 1. The van der Waals surface area contributed by atoms with E-state index in [9.17, 15) is 18.8 Å². The van der Waals surface area contributed by atoms with Crippen LogP contribution in [0.2, 0.25) is 0 Å². The Hall–Kier alpha value is -3.94. The maximum atomic E-state index is 13.8. The lowest BCUT2D eigenvalue weighted by atomic mass is 10.1.